The number of nitrogens with one attached hydrogen (secondary N) is 1. The lowest BCUT2D eigenvalue weighted by atomic mass is 10.1. The fourth-order valence-electron chi connectivity index (χ4n) is 2.00. The van der Waals surface area contributed by atoms with Gasteiger partial charge in [-0.05, 0) is 46.7 Å². The van der Waals surface area contributed by atoms with Crippen molar-refractivity contribution in [2.75, 3.05) is 0 Å². The molecule has 0 atom stereocenters. The normalized spacial score (nSPS) is 12.8. The molecule has 3 nitrogen and oxygen atoms in total. The second kappa shape index (κ2) is 5.82. The Labute approximate surface area is 137 Å². The lowest BCUT2D eigenvalue weighted by Crippen LogP contribution is -2.12. The lowest BCUT2D eigenvalue weighted by molar-refractivity contribution is -0.137. The number of alkyl halides is 3. The van der Waals surface area contributed by atoms with E-state index in [1.807, 2.05) is 16.8 Å². The van der Waals surface area contributed by atoms with Crippen molar-refractivity contribution in [3.8, 4) is 0 Å². The van der Waals surface area contributed by atoms with Gasteiger partial charge in [0.2, 0.25) is 0 Å². The van der Waals surface area contributed by atoms with Gasteiger partial charge < -0.3 is 4.98 Å². The average Bonchev–Trinajstić information content (AvgIpc) is 2.98. The van der Waals surface area contributed by atoms with E-state index in [1.165, 1.54) is 11.3 Å². The predicted molar refractivity (Wildman–Crippen MR) is 85.4 cm³/mol. The minimum atomic E-state index is -4.51. The predicted octanol–water partition coefficient (Wildman–Crippen LogP) is 4.74. The average molecular weight is 357 g/mol. The van der Waals surface area contributed by atoms with Gasteiger partial charge in [-0.2, -0.15) is 24.5 Å². The fourth-order valence-corrected chi connectivity index (χ4v) is 2.83. The molecule has 118 valence electrons. The minimum Gasteiger partial charge on any atom is -0.305 e. The first-order valence-corrected chi connectivity index (χ1v) is 7.68. The molecule has 0 aliphatic rings. The summed E-state index contributed by atoms with van der Waals surface area (Å²) in [5, 5.41) is 3.90. The highest BCUT2D eigenvalue weighted by Gasteiger charge is 2.30. The number of hydrogen-bond donors (Lipinski definition) is 1. The van der Waals surface area contributed by atoms with E-state index in [9.17, 15) is 18.0 Å². The van der Waals surface area contributed by atoms with Crippen molar-refractivity contribution in [2.45, 2.75) is 6.18 Å². The summed E-state index contributed by atoms with van der Waals surface area (Å²) in [6.07, 6.45) is -2.93. The Morgan fingerprint density at radius 1 is 1.30 bits per heavy atom. The molecule has 0 aliphatic heterocycles. The van der Waals surface area contributed by atoms with Crippen LogP contribution in [0.3, 0.4) is 0 Å². The summed E-state index contributed by atoms with van der Waals surface area (Å²) < 4.78 is 38.3. The van der Waals surface area contributed by atoms with Gasteiger partial charge >= 0.3 is 6.18 Å². The summed E-state index contributed by atoms with van der Waals surface area (Å²) in [5.41, 5.74) is -0.662. The summed E-state index contributed by atoms with van der Waals surface area (Å²) in [7, 11) is 0. The van der Waals surface area contributed by atoms with Crippen molar-refractivity contribution in [1.82, 2.24) is 9.97 Å². The van der Waals surface area contributed by atoms with Crippen LogP contribution < -0.4 is 5.56 Å². The topological polar surface area (TPSA) is 45.8 Å². The first-order valence-electron chi connectivity index (χ1n) is 6.35. The van der Waals surface area contributed by atoms with E-state index in [0.717, 1.165) is 23.8 Å². The molecule has 2 heterocycles. The second-order valence-electron chi connectivity index (χ2n) is 4.69. The van der Waals surface area contributed by atoms with Crippen LogP contribution in [0.5, 0.6) is 0 Å². The maximum Gasteiger partial charge on any atom is 0.416 e. The molecule has 1 N–H and O–H groups in total. The molecule has 0 spiro atoms. The zero-order valence-electron chi connectivity index (χ0n) is 11.3. The summed E-state index contributed by atoms with van der Waals surface area (Å²) >= 11 is 7.58. The van der Waals surface area contributed by atoms with Crippen LogP contribution in [0, 0.1) is 0 Å². The molecule has 0 unspecified atom stereocenters. The van der Waals surface area contributed by atoms with E-state index in [4.69, 9.17) is 11.6 Å². The number of H-pyrrole nitrogens is 1. The number of fused-ring (bicyclic) bond motifs is 1. The Bertz CT molecular complexity index is 946. The van der Waals surface area contributed by atoms with E-state index in [2.05, 4.69) is 9.97 Å². The quantitative estimate of drug-likeness (QED) is 0.720. The van der Waals surface area contributed by atoms with E-state index in [0.29, 0.717) is 0 Å². The Hall–Kier alpha value is -2.12. The highest BCUT2D eigenvalue weighted by Crippen LogP contribution is 2.30. The smallest absolute Gasteiger partial charge is 0.305 e. The van der Waals surface area contributed by atoms with Crippen molar-refractivity contribution in [3.63, 3.8) is 0 Å². The molecule has 0 amide bonds. The van der Waals surface area contributed by atoms with Gasteiger partial charge in [-0.25, -0.2) is 4.98 Å². The highest BCUT2D eigenvalue weighted by atomic mass is 35.5. The minimum absolute atomic E-state index is 0.0229. The van der Waals surface area contributed by atoms with Crippen LogP contribution >= 0.6 is 22.9 Å². The molecule has 3 aromatic rings. The third-order valence-corrected chi connectivity index (χ3v) is 4.09. The zero-order chi connectivity index (χ0) is 16.6. The van der Waals surface area contributed by atoms with Crippen molar-refractivity contribution in [3.05, 3.63) is 62.3 Å². The van der Waals surface area contributed by atoms with Crippen LogP contribution in [-0.4, -0.2) is 9.97 Å². The summed E-state index contributed by atoms with van der Waals surface area (Å²) in [5.74, 6) is 0.0229. The SMILES string of the molecule is O=c1[nH]c(/C(Cl)=C/c2ccsc2)nc2cc(C(F)(F)F)ccc12. The Morgan fingerprint density at radius 3 is 2.74 bits per heavy atom. The van der Waals surface area contributed by atoms with Crippen LogP contribution in [0.1, 0.15) is 17.0 Å². The molecular formula is C15H8ClF3N2OS. The van der Waals surface area contributed by atoms with Gasteiger partial charge in [-0.3, -0.25) is 4.79 Å². The number of aromatic nitrogens is 2. The zero-order valence-corrected chi connectivity index (χ0v) is 12.9. The van der Waals surface area contributed by atoms with Crippen LogP contribution in [0.15, 0.2) is 39.8 Å². The van der Waals surface area contributed by atoms with Gasteiger partial charge in [0, 0.05) is 0 Å². The molecule has 23 heavy (non-hydrogen) atoms. The Kier molecular flexibility index (Phi) is 3.99. The maximum absolute atomic E-state index is 12.8. The van der Waals surface area contributed by atoms with Crippen LogP contribution in [-0.2, 0) is 6.18 Å². The number of aromatic amines is 1. The number of benzene rings is 1. The Balaban J connectivity index is 2.14. The second-order valence-corrected chi connectivity index (χ2v) is 5.88. The van der Waals surface area contributed by atoms with E-state index < -0.39 is 17.3 Å². The Morgan fingerprint density at radius 2 is 2.09 bits per heavy atom. The van der Waals surface area contributed by atoms with Crippen molar-refractivity contribution in [2.24, 2.45) is 0 Å². The van der Waals surface area contributed by atoms with Crippen molar-refractivity contribution in [1.29, 1.82) is 0 Å². The van der Waals surface area contributed by atoms with Crippen molar-refractivity contribution >= 4 is 44.9 Å². The molecule has 1 aromatic carbocycles. The molecular weight excluding hydrogens is 349 g/mol. The fraction of sp³-hybridized carbons (Fsp3) is 0.0667. The van der Waals surface area contributed by atoms with Gasteiger partial charge in [0.1, 0.15) is 0 Å². The number of hydrogen-bond acceptors (Lipinski definition) is 3. The molecule has 0 bridgehead atoms. The van der Waals surface area contributed by atoms with Crippen LogP contribution in [0.2, 0.25) is 0 Å². The van der Waals surface area contributed by atoms with Gasteiger partial charge in [0.15, 0.2) is 5.82 Å². The molecule has 8 heteroatoms. The van der Waals surface area contributed by atoms with Crippen molar-refractivity contribution < 1.29 is 13.2 Å². The first kappa shape index (κ1) is 15.8. The van der Waals surface area contributed by atoms with Crippen LogP contribution in [0.25, 0.3) is 22.0 Å². The van der Waals surface area contributed by atoms with E-state index >= 15 is 0 Å². The standard InChI is InChI=1S/C15H8ClF3N2OS/c16-11(5-8-3-4-23-7-8)13-20-12-6-9(15(17,18)19)1-2-10(12)14(22)21-13/h1-7H,(H,20,21,22)/b11-5-. The van der Waals surface area contributed by atoms with Gasteiger partial charge in [0.25, 0.3) is 5.56 Å². The first-order chi connectivity index (χ1) is 10.8. The summed E-state index contributed by atoms with van der Waals surface area (Å²) in [4.78, 5) is 18.5. The van der Waals surface area contributed by atoms with E-state index in [-0.39, 0.29) is 21.8 Å². The molecule has 0 radical (unpaired) electrons. The number of thiophene rings is 1. The molecule has 3 rings (SSSR count). The largest absolute Gasteiger partial charge is 0.416 e. The third-order valence-electron chi connectivity index (χ3n) is 3.10. The van der Waals surface area contributed by atoms with Gasteiger partial charge in [-0.15, -0.1) is 0 Å². The molecule has 0 saturated carbocycles. The number of rotatable bonds is 2. The molecule has 0 aliphatic carbocycles. The van der Waals surface area contributed by atoms with Crippen LogP contribution in [0.4, 0.5) is 13.2 Å². The third kappa shape index (κ3) is 3.30. The molecule has 0 fully saturated rings. The monoisotopic (exact) mass is 356 g/mol. The number of nitrogens with zero attached hydrogens (tertiary/aromatic N) is 1. The maximum atomic E-state index is 12.8. The number of halogens is 4. The van der Waals surface area contributed by atoms with Gasteiger partial charge in [-0.1, -0.05) is 11.6 Å². The lowest BCUT2D eigenvalue weighted by Gasteiger charge is -2.08. The summed E-state index contributed by atoms with van der Waals surface area (Å²) in [6, 6.07) is 4.60. The molecule has 2 aromatic heterocycles. The van der Waals surface area contributed by atoms with Gasteiger partial charge in [0.05, 0.1) is 21.5 Å². The molecule has 0 saturated heterocycles. The summed E-state index contributed by atoms with van der Waals surface area (Å²) in [6.45, 7) is 0. The van der Waals surface area contributed by atoms with E-state index in [1.54, 1.807) is 6.08 Å². The highest BCUT2D eigenvalue weighted by molar-refractivity contribution is 7.08.